The van der Waals surface area contributed by atoms with E-state index in [1.54, 1.807) is 43.2 Å². The average molecular weight is 248 g/mol. The zero-order chi connectivity index (χ0) is 9.66. The Bertz CT molecular complexity index is 51.0. The zero-order valence-electron chi connectivity index (χ0n) is 6.77. The summed E-state index contributed by atoms with van der Waals surface area (Å²) in [5.41, 5.74) is 20.4. The van der Waals surface area contributed by atoms with Crippen LogP contribution in [0.3, 0.4) is 0 Å². The summed E-state index contributed by atoms with van der Waals surface area (Å²) >= 11 is 0. The molecule has 8 N–H and O–H groups in total. The molecule has 0 aromatic carbocycles. The van der Waals surface area contributed by atoms with Gasteiger partial charge < -0.3 is 22.9 Å². The fourth-order valence-electron chi connectivity index (χ4n) is 0.192. The molecule has 12 heavy (non-hydrogen) atoms. The van der Waals surface area contributed by atoms with E-state index in [2.05, 4.69) is 0 Å². The van der Waals surface area contributed by atoms with Crippen LogP contribution in [0.25, 0.3) is 0 Å². The molecule has 0 fully saturated rings. The number of rotatable bonds is 6. The molecule has 0 heterocycles. The van der Waals surface area contributed by atoms with Crippen LogP contribution in [-0.2, 0) is 0 Å². The second-order valence-electron chi connectivity index (χ2n) is 1.14. The van der Waals surface area contributed by atoms with E-state index in [0.29, 0.717) is 23.5 Å². The Morgan fingerprint density at radius 2 is 0.667 bits per heavy atom. The van der Waals surface area contributed by atoms with Crippen LogP contribution in [0.1, 0.15) is 0 Å². The van der Waals surface area contributed by atoms with Crippen LogP contribution in [0.5, 0.6) is 0 Å². The predicted molar refractivity (Wildman–Crippen MR) is 66.6 cm³/mol. The van der Waals surface area contributed by atoms with Crippen molar-refractivity contribution in [2.75, 3.05) is 23.5 Å². The van der Waals surface area contributed by atoms with Crippen molar-refractivity contribution in [3.05, 3.63) is 0 Å². The lowest BCUT2D eigenvalue weighted by Crippen LogP contribution is -1.93. The summed E-state index contributed by atoms with van der Waals surface area (Å²) in [6.45, 7) is 0. The van der Waals surface area contributed by atoms with Crippen LogP contribution in [0.2, 0.25) is 0 Å². The highest BCUT2D eigenvalue weighted by Gasteiger charge is 1.75. The molecule has 0 aliphatic heterocycles. The largest absolute Gasteiger partial charge is 0.321 e. The first-order chi connectivity index (χ1) is 5.83. The molecule has 0 aliphatic carbocycles. The van der Waals surface area contributed by atoms with E-state index < -0.39 is 0 Å². The van der Waals surface area contributed by atoms with Crippen molar-refractivity contribution >= 4 is 43.2 Å². The molecule has 0 rings (SSSR count). The van der Waals surface area contributed by atoms with Crippen molar-refractivity contribution in [2.45, 2.75) is 0 Å². The van der Waals surface area contributed by atoms with Crippen LogP contribution in [0.4, 0.5) is 0 Å². The van der Waals surface area contributed by atoms with Crippen LogP contribution in [-0.4, -0.2) is 23.5 Å². The third kappa shape index (κ3) is 22.5. The fraction of sp³-hybridized carbons (Fsp3) is 1.00. The van der Waals surface area contributed by atoms with Gasteiger partial charge in [-0.05, 0) is 0 Å². The standard InChI is InChI=1S/2C2H8N2S2/c2*3-1-5-6-2-4/h2*1-4H2. The van der Waals surface area contributed by atoms with Gasteiger partial charge >= 0.3 is 0 Å². The van der Waals surface area contributed by atoms with Gasteiger partial charge in [0.1, 0.15) is 0 Å². The molecule has 0 unspecified atom stereocenters. The first-order valence-corrected chi connectivity index (χ1v) is 8.10. The predicted octanol–water partition coefficient (Wildman–Crippen LogP) is 0.400. The number of nitrogens with two attached hydrogens (primary N) is 4. The van der Waals surface area contributed by atoms with E-state index in [1.807, 2.05) is 0 Å². The van der Waals surface area contributed by atoms with Gasteiger partial charge in [-0.1, -0.05) is 43.2 Å². The SMILES string of the molecule is NCSSCN.NCSSCN. The third-order valence-corrected chi connectivity index (χ3v) is 3.95. The van der Waals surface area contributed by atoms with Crippen molar-refractivity contribution < 1.29 is 0 Å². The molecule has 0 saturated heterocycles. The molecule has 0 aromatic heterocycles. The summed E-state index contributed by atoms with van der Waals surface area (Å²) in [7, 11) is 6.31. The summed E-state index contributed by atoms with van der Waals surface area (Å²) in [6, 6.07) is 0. The van der Waals surface area contributed by atoms with Gasteiger partial charge in [-0.3, -0.25) is 0 Å². The Hall–Kier alpha value is 1.24. The monoisotopic (exact) mass is 248 g/mol. The lowest BCUT2D eigenvalue weighted by atomic mass is 11.6. The second kappa shape index (κ2) is 18.1. The molecule has 0 bridgehead atoms. The van der Waals surface area contributed by atoms with Crippen molar-refractivity contribution in [1.29, 1.82) is 0 Å². The topological polar surface area (TPSA) is 104 Å². The van der Waals surface area contributed by atoms with Crippen molar-refractivity contribution in [2.24, 2.45) is 22.9 Å². The molecular formula is C4H16N4S4. The number of hydrogen-bond acceptors (Lipinski definition) is 8. The maximum Gasteiger partial charge on any atom is 0.0498 e. The van der Waals surface area contributed by atoms with Gasteiger partial charge in [0.05, 0.1) is 0 Å². The second-order valence-corrected chi connectivity index (χ2v) is 6.24. The van der Waals surface area contributed by atoms with Gasteiger partial charge in [0, 0.05) is 23.5 Å². The van der Waals surface area contributed by atoms with Gasteiger partial charge in [-0.15, -0.1) is 0 Å². The van der Waals surface area contributed by atoms with E-state index in [9.17, 15) is 0 Å². The Balaban J connectivity index is 0. The Labute approximate surface area is 89.5 Å². The smallest absolute Gasteiger partial charge is 0.0498 e. The highest BCUT2D eigenvalue weighted by atomic mass is 33.1. The first kappa shape index (κ1) is 15.7. The molecule has 4 nitrogen and oxygen atoms in total. The molecule has 0 spiro atoms. The summed E-state index contributed by atoms with van der Waals surface area (Å²) < 4.78 is 0. The van der Waals surface area contributed by atoms with E-state index in [1.165, 1.54) is 0 Å². The molecule has 76 valence electrons. The lowest BCUT2D eigenvalue weighted by Gasteiger charge is -1.87. The number of hydrogen-bond donors (Lipinski definition) is 4. The van der Waals surface area contributed by atoms with Gasteiger partial charge in [0.25, 0.3) is 0 Å². The molecule has 0 aromatic rings. The van der Waals surface area contributed by atoms with Gasteiger partial charge in [0.15, 0.2) is 0 Å². The molecule has 8 heteroatoms. The Morgan fingerprint density at radius 3 is 0.750 bits per heavy atom. The van der Waals surface area contributed by atoms with Crippen molar-refractivity contribution in [1.82, 2.24) is 0 Å². The van der Waals surface area contributed by atoms with Gasteiger partial charge in [-0.25, -0.2) is 0 Å². The molecule has 0 amide bonds. The zero-order valence-corrected chi connectivity index (χ0v) is 10.0. The van der Waals surface area contributed by atoms with Crippen molar-refractivity contribution in [3.63, 3.8) is 0 Å². The Morgan fingerprint density at radius 1 is 0.500 bits per heavy atom. The van der Waals surface area contributed by atoms with Crippen LogP contribution in [0.15, 0.2) is 0 Å². The summed E-state index contributed by atoms with van der Waals surface area (Å²) in [5.74, 6) is 2.62. The van der Waals surface area contributed by atoms with E-state index in [-0.39, 0.29) is 0 Å². The highest BCUT2D eigenvalue weighted by Crippen LogP contribution is 2.15. The minimum absolute atomic E-state index is 0.655. The average Bonchev–Trinajstić information content (AvgIpc) is 2.12. The quantitative estimate of drug-likeness (QED) is 0.304. The minimum atomic E-state index is 0.655. The minimum Gasteiger partial charge on any atom is -0.321 e. The van der Waals surface area contributed by atoms with E-state index in [4.69, 9.17) is 22.9 Å². The van der Waals surface area contributed by atoms with Gasteiger partial charge in [-0.2, -0.15) is 0 Å². The normalized spacial score (nSPS) is 9.00. The van der Waals surface area contributed by atoms with E-state index >= 15 is 0 Å². The summed E-state index contributed by atoms with van der Waals surface area (Å²) in [5, 5.41) is 0. The van der Waals surface area contributed by atoms with Crippen LogP contribution < -0.4 is 22.9 Å². The molecule has 0 radical (unpaired) electrons. The molecule has 0 saturated carbocycles. The van der Waals surface area contributed by atoms with Gasteiger partial charge in [0.2, 0.25) is 0 Å². The lowest BCUT2D eigenvalue weighted by molar-refractivity contribution is 1.40. The summed E-state index contributed by atoms with van der Waals surface area (Å²) in [4.78, 5) is 0. The highest BCUT2D eigenvalue weighted by molar-refractivity contribution is 8.77. The molecule has 0 atom stereocenters. The third-order valence-electron chi connectivity index (χ3n) is 0.439. The fourth-order valence-corrected chi connectivity index (χ4v) is 1.73. The summed E-state index contributed by atoms with van der Waals surface area (Å²) in [6.07, 6.45) is 0. The first-order valence-electron chi connectivity index (χ1n) is 3.12. The van der Waals surface area contributed by atoms with Crippen LogP contribution in [0, 0.1) is 0 Å². The Kier molecular flexibility index (Phi) is 23.7. The van der Waals surface area contributed by atoms with Crippen LogP contribution >= 0.6 is 43.2 Å². The van der Waals surface area contributed by atoms with Crippen molar-refractivity contribution in [3.8, 4) is 0 Å². The maximum absolute atomic E-state index is 5.10. The molecule has 0 aliphatic rings. The molecular weight excluding hydrogens is 232 g/mol. The van der Waals surface area contributed by atoms with E-state index in [0.717, 1.165) is 0 Å². The maximum atomic E-state index is 5.10.